The lowest BCUT2D eigenvalue weighted by Gasteiger charge is -2.25. The minimum absolute atomic E-state index is 0.0799. The zero-order valence-corrected chi connectivity index (χ0v) is 12.0. The van der Waals surface area contributed by atoms with Crippen LogP contribution in [0, 0.1) is 12.7 Å². The van der Waals surface area contributed by atoms with Crippen molar-refractivity contribution in [1.29, 1.82) is 0 Å². The summed E-state index contributed by atoms with van der Waals surface area (Å²) < 4.78 is 13.8. The van der Waals surface area contributed by atoms with Crippen molar-refractivity contribution in [2.24, 2.45) is 0 Å². The van der Waals surface area contributed by atoms with E-state index in [-0.39, 0.29) is 24.2 Å². The highest BCUT2D eigenvalue weighted by Crippen LogP contribution is 2.19. The Kier molecular flexibility index (Phi) is 5.31. The standard InChI is InChI=1S/C16H20FN2O2/c1-12(20)19(15-10-6-5-9-14(15)17)11-16(21)18-13-7-3-2-4-8-13/h5-6,9-10,13H,1-4,7-8,11H2,(H,18,21). The van der Waals surface area contributed by atoms with E-state index in [2.05, 4.69) is 12.2 Å². The molecule has 0 atom stereocenters. The molecule has 1 aliphatic rings. The highest BCUT2D eigenvalue weighted by atomic mass is 19.1. The number of nitrogens with one attached hydrogen (secondary N) is 1. The zero-order valence-electron chi connectivity index (χ0n) is 12.0. The fraction of sp³-hybridized carbons (Fsp3) is 0.438. The van der Waals surface area contributed by atoms with E-state index in [1.54, 1.807) is 6.07 Å². The van der Waals surface area contributed by atoms with Gasteiger partial charge in [0.15, 0.2) is 0 Å². The molecule has 1 saturated carbocycles. The summed E-state index contributed by atoms with van der Waals surface area (Å²) in [6, 6.07) is 6.03. The Morgan fingerprint density at radius 3 is 2.52 bits per heavy atom. The molecule has 1 radical (unpaired) electrons. The van der Waals surface area contributed by atoms with Gasteiger partial charge in [0, 0.05) is 13.0 Å². The molecule has 0 spiro atoms. The van der Waals surface area contributed by atoms with Gasteiger partial charge in [0.1, 0.15) is 12.4 Å². The Hall–Kier alpha value is -1.91. The van der Waals surface area contributed by atoms with Gasteiger partial charge in [0.2, 0.25) is 11.8 Å². The van der Waals surface area contributed by atoms with Gasteiger partial charge in [0.05, 0.1) is 5.69 Å². The summed E-state index contributed by atoms with van der Waals surface area (Å²) in [5.41, 5.74) is 0.0799. The molecule has 0 unspecified atom stereocenters. The molecule has 1 fully saturated rings. The summed E-state index contributed by atoms with van der Waals surface area (Å²) in [4.78, 5) is 24.7. The van der Waals surface area contributed by atoms with Crippen LogP contribution < -0.4 is 10.2 Å². The first-order chi connectivity index (χ1) is 10.1. The molecule has 2 rings (SSSR count). The van der Waals surface area contributed by atoms with Gasteiger partial charge in [-0.3, -0.25) is 9.59 Å². The molecule has 113 valence electrons. The maximum Gasteiger partial charge on any atom is 0.240 e. The quantitative estimate of drug-likeness (QED) is 0.926. The number of halogens is 1. The van der Waals surface area contributed by atoms with E-state index in [4.69, 9.17) is 0 Å². The van der Waals surface area contributed by atoms with Crippen molar-refractivity contribution >= 4 is 17.5 Å². The molecule has 21 heavy (non-hydrogen) atoms. The van der Waals surface area contributed by atoms with Gasteiger partial charge in [-0.2, -0.15) is 0 Å². The summed E-state index contributed by atoms with van der Waals surface area (Å²) in [5, 5.41) is 2.91. The van der Waals surface area contributed by atoms with Crippen LogP contribution in [0.25, 0.3) is 0 Å². The molecule has 1 N–H and O–H groups in total. The predicted octanol–water partition coefficient (Wildman–Crippen LogP) is 2.44. The highest BCUT2D eigenvalue weighted by Gasteiger charge is 2.21. The lowest BCUT2D eigenvalue weighted by Crippen LogP contribution is -2.44. The Labute approximate surface area is 124 Å². The first-order valence-electron chi connectivity index (χ1n) is 7.25. The topological polar surface area (TPSA) is 49.4 Å². The summed E-state index contributed by atoms with van der Waals surface area (Å²) in [6.07, 6.45) is 5.34. The normalized spacial score (nSPS) is 15.5. The van der Waals surface area contributed by atoms with Crippen LogP contribution in [0.1, 0.15) is 32.1 Å². The third-order valence-corrected chi connectivity index (χ3v) is 3.72. The predicted molar refractivity (Wildman–Crippen MR) is 79.1 cm³/mol. The Morgan fingerprint density at radius 1 is 1.24 bits per heavy atom. The number of hydrogen-bond donors (Lipinski definition) is 1. The second-order valence-electron chi connectivity index (χ2n) is 5.33. The van der Waals surface area contributed by atoms with Crippen molar-refractivity contribution in [2.75, 3.05) is 11.4 Å². The molecule has 2 amide bonds. The number of hydrogen-bond acceptors (Lipinski definition) is 2. The van der Waals surface area contributed by atoms with Crippen LogP contribution in [0.3, 0.4) is 0 Å². The third-order valence-electron chi connectivity index (χ3n) is 3.72. The molecular weight excluding hydrogens is 271 g/mol. The van der Waals surface area contributed by atoms with Crippen LogP contribution in [-0.2, 0) is 9.59 Å². The van der Waals surface area contributed by atoms with Gasteiger partial charge in [-0.25, -0.2) is 4.39 Å². The van der Waals surface area contributed by atoms with Crippen molar-refractivity contribution < 1.29 is 14.0 Å². The largest absolute Gasteiger partial charge is 0.352 e. The number of carbonyl (C=O) groups excluding carboxylic acids is 2. The average Bonchev–Trinajstić information content (AvgIpc) is 2.46. The SMILES string of the molecule is [CH2]C(=O)N(CC(=O)NC1CCCCC1)c1ccccc1F. The number of amides is 2. The van der Waals surface area contributed by atoms with Crippen LogP contribution in [0.2, 0.25) is 0 Å². The van der Waals surface area contributed by atoms with Gasteiger partial charge in [-0.1, -0.05) is 31.4 Å². The number of para-hydroxylation sites is 1. The van der Waals surface area contributed by atoms with E-state index >= 15 is 0 Å². The maximum absolute atomic E-state index is 13.8. The number of carbonyl (C=O) groups is 2. The maximum atomic E-state index is 13.8. The first-order valence-corrected chi connectivity index (χ1v) is 7.25. The van der Waals surface area contributed by atoms with Crippen molar-refractivity contribution in [1.82, 2.24) is 5.32 Å². The molecule has 0 bridgehead atoms. The van der Waals surface area contributed by atoms with Crippen LogP contribution in [0.15, 0.2) is 24.3 Å². The monoisotopic (exact) mass is 291 g/mol. The van der Waals surface area contributed by atoms with Crippen molar-refractivity contribution in [3.8, 4) is 0 Å². The van der Waals surface area contributed by atoms with Crippen molar-refractivity contribution in [3.05, 3.63) is 37.0 Å². The minimum Gasteiger partial charge on any atom is -0.352 e. The van der Waals surface area contributed by atoms with Gasteiger partial charge >= 0.3 is 0 Å². The lowest BCUT2D eigenvalue weighted by molar-refractivity contribution is -0.123. The van der Waals surface area contributed by atoms with E-state index in [1.807, 2.05) is 0 Å². The van der Waals surface area contributed by atoms with E-state index in [1.165, 1.54) is 24.6 Å². The summed E-state index contributed by atoms with van der Waals surface area (Å²) >= 11 is 0. The molecule has 1 aliphatic carbocycles. The lowest BCUT2D eigenvalue weighted by atomic mass is 9.95. The molecule has 0 aliphatic heterocycles. The van der Waals surface area contributed by atoms with Crippen LogP contribution >= 0.6 is 0 Å². The van der Waals surface area contributed by atoms with Gasteiger partial charge < -0.3 is 10.2 Å². The summed E-state index contributed by atoms with van der Waals surface area (Å²) in [7, 11) is 0. The van der Waals surface area contributed by atoms with Crippen LogP contribution in [0.4, 0.5) is 10.1 Å². The van der Waals surface area contributed by atoms with Crippen LogP contribution in [0.5, 0.6) is 0 Å². The van der Waals surface area contributed by atoms with E-state index in [0.29, 0.717) is 0 Å². The van der Waals surface area contributed by atoms with Crippen LogP contribution in [-0.4, -0.2) is 24.4 Å². The fourth-order valence-electron chi connectivity index (χ4n) is 2.64. The van der Waals surface area contributed by atoms with E-state index in [9.17, 15) is 14.0 Å². The Bertz CT molecular complexity index is 513. The second-order valence-corrected chi connectivity index (χ2v) is 5.33. The third kappa shape index (κ3) is 4.28. The Morgan fingerprint density at radius 2 is 1.90 bits per heavy atom. The smallest absolute Gasteiger partial charge is 0.240 e. The van der Waals surface area contributed by atoms with Gasteiger partial charge in [-0.15, -0.1) is 0 Å². The fourth-order valence-corrected chi connectivity index (χ4v) is 2.64. The molecular formula is C16H20FN2O2. The van der Waals surface area contributed by atoms with Gasteiger partial charge in [0.25, 0.3) is 0 Å². The number of nitrogens with zero attached hydrogens (tertiary/aromatic N) is 1. The molecule has 1 aromatic rings. The summed E-state index contributed by atoms with van der Waals surface area (Å²) in [6.45, 7) is 3.09. The molecule has 4 nitrogen and oxygen atoms in total. The second kappa shape index (κ2) is 7.20. The molecule has 5 heteroatoms. The molecule has 0 saturated heterocycles. The highest BCUT2D eigenvalue weighted by molar-refractivity contribution is 6.01. The first kappa shape index (κ1) is 15.5. The molecule has 0 heterocycles. The van der Waals surface area contributed by atoms with E-state index in [0.717, 1.165) is 30.6 Å². The number of rotatable bonds is 4. The Balaban J connectivity index is 2.01. The minimum atomic E-state index is -0.598. The van der Waals surface area contributed by atoms with E-state index < -0.39 is 11.7 Å². The average molecular weight is 291 g/mol. The van der Waals surface area contributed by atoms with Crippen molar-refractivity contribution in [3.63, 3.8) is 0 Å². The van der Waals surface area contributed by atoms with Gasteiger partial charge in [-0.05, 0) is 25.0 Å². The molecule has 1 aromatic carbocycles. The number of benzene rings is 1. The zero-order chi connectivity index (χ0) is 15.2. The summed E-state index contributed by atoms with van der Waals surface area (Å²) in [5.74, 6) is -1.42. The molecule has 0 aromatic heterocycles. The van der Waals surface area contributed by atoms with Crippen molar-refractivity contribution in [2.45, 2.75) is 38.1 Å². The number of anilines is 1.